The quantitative estimate of drug-likeness (QED) is 0.303. The number of pyridine rings is 4. The summed E-state index contributed by atoms with van der Waals surface area (Å²) in [6.07, 6.45) is 2.33. The van der Waals surface area contributed by atoms with E-state index in [1.165, 1.54) is 6.07 Å². The molecule has 4 aromatic rings. The first-order valence-electron chi connectivity index (χ1n) is 11.0. The van der Waals surface area contributed by atoms with Gasteiger partial charge in [-0.15, -0.1) is 0 Å². The summed E-state index contributed by atoms with van der Waals surface area (Å²) in [7, 11) is 0. The average molecular weight is 477 g/mol. The minimum absolute atomic E-state index is 0.0896. The van der Waals surface area contributed by atoms with Crippen LogP contribution in [-0.4, -0.2) is 25.7 Å². The lowest BCUT2D eigenvalue weighted by molar-refractivity contribution is -0.141. The minimum atomic E-state index is -4.52. The van der Waals surface area contributed by atoms with Crippen LogP contribution in [0.3, 0.4) is 0 Å². The molecular weight excluding hydrogens is 453 g/mol. The van der Waals surface area contributed by atoms with Gasteiger partial charge in [-0.3, -0.25) is 24.7 Å². The van der Waals surface area contributed by atoms with Crippen LogP contribution >= 0.6 is 0 Å². The number of hydrogen-bond donors (Lipinski definition) is 0. The van der Waals surface area contributed by atoms with Crippen molar-refractivity contribution in [3.8, 4) is 22.4 Å². The fourth-order valence-corrected chi connectivity index (χ4v) is 3.95. The van der Waals surface area contributed by atoms with Gasteiger partial charge in [0.15, 0.2) is 5.78 Å². The van der Waals surface area contributed by atoms with E-state index in [2.05, 4.69) is 19.9 Å². The molecule has 0 unspecified atom stereocenters. The Balaban J connectivity index is 1.47. The number of alkyl halides is 3. The van der Waals surface area contributed by atoms with E-state index >= 15 is 0 Å². The van der Waals surface area contributed by atoms with Crippen LogP contribution in [0.25, 0.3) is 22.4 Å². The summed E-state index contributed by atoms with van der Waals surface area (Å²) < 4.78 is 39.0. The monoisotopic (exact) mass is 476 g/mol. The second-order valence-corrected chi connectivity index (χ2v) is 8.38. The van der Waals surface area contributed by atoms with E-state index in [4.69, 9.17) is 0 Å². The van der Waals surface area contributed by atoms with Gasteiger partial charge in [-0.1, -0.05) is 12.1 Å². The lowest BCUT2D eigenvalue weighted by atomic mass is 9.99. The van der Waals surface area contributed by atoms with Crippen LogP contribution in [0.2, 0.25) is 0 Å². The molecule has 0 radical (unpaired) electrons. The van der Waals surface area contributed by atoms with E-state index in [0.29, 0.717) is 23.4 Å². The van der Waals surface area contributed by atoms with Crippen molar-refractivity contribution >= 4 is 5.78 Å². The maximum atomic E-state index is 13.0. The molecule has 4 aromatic heterocycles. The molecule has 0 atom stereocenters. The summed E-state index contributed by atoms with van der Waals surface area (Å²) in [5.74, 6) is -0.0896. The molecule has 0 bridgehead atoms. The fourth-order valence-electron chi connectivity index (χ4n) is 3.95. The normalized spacial score (nSPS) is 11.5. The SMILES string of the molecule is Cc1cc(C(=O)CCc2cnc(-c3ccnc(C(F)(F)F)c3)c(C)c2)ncc1-c1cccnc1C. The third-order valence-electron chi connectivity index (χ3n) is 5.79. The Bertz CT molecular complexity index is 1400. The highest BCUT2D eigenvalue weighted by Gasteiger charge is 2.32. The molecule has 0 fully saturated rings. The number of hydrogen-bond acceptors (Lipinski definition) is 5. The van der Waals surface area contributed by atoms with E-state index in [9.17, 15) is 18.0 Å². The highest BCUT2D eigenvalue weighted by Crippen LogP contribution is 2.31. The minimum Gasteiger partial charge on any atom is -0.292 e. The molecule has 4 rings (SSSR count). The van der Waals surface area contributed by atoms with Crippen LogP contribution in [0.15, 0.2) is 61.2 Å². The van der Waals surface area contributed by atoms with Crippen molar-refractivity contribution in [2.24, 2.45) is 0 Å². The van der Waals surface area contributed by atoms with E-state index in [-0.39, 0.29) is 12.2 Å². The van der Waals surface area contributed by atoms with Gasteiger partial charge in [0.25, 0.3) is 0 Å². The smallest absolute Gasteiger partial charge is 0.292 e. The van der Waals surface area contributed by atoms with Gasteiger partial charge >= 0.3 is 6.18 Å². The van der Waals surface area contributed by atoms with Gasteiger partial charge in [0.2, 0.25) is 0 Å². The van der Waals surface area contributed by atoms with Crippen LogP contribution in [-0.2, 0) is 12.6 Å². The van der Waals surface area contributed by atoms with E-state index in [0.717, 1.165) is 45.8 Å². The Morgan fingerprint density at radius 3 is 2.34 bits per heavy atom. The Hall–Kier alpha value is -3.94. The third kappa shape index (κ3) is 5.42. The van der Waals surface area contributed by atoms with Crippen molar-refractivity contribution in [1.29, 1.82) is 0 Å². The number of Topliss-reactive ketones (excluding diaryl/α,β-unsaturated/α-hetero) is 1. The van der Waals surface area contributed by atoms with Crippen LogP contribution in [0.1, 0.15) is 45.0 Å². The molecule has 0 aliphatic rings. The zero-order valence-corrected chi connectivity index (χ0v) is 19.5. The molecule has 0 amide bonds. The van der Waals surface area contributed by atoms with Crippen molar-refractivity contribution in [1.82, 2.24) is 19.9 Å². The summed E-state index contributed by atoms with van der Waals surface area (Å²) in [6.45, 7) is 5.65. The van der Waals surface area contributed by atoms with Gasteiger partial charge in [0.1, 0.15) is 11.4 Å². The van der Waals surface area contributed by atoms with Gasteiger partial charge in [0, 0.05) is 53.6 Å². The topological polar surface area (TPSA) is 68.6 Å². The summed E-state index contributed by atoms with van der Waals surface area (Å²) in [4.78, 5) is 29.2. The Kier molecular flexibility index (Phi) is 6.73. The Morgan fingerprint density at radius 1 is 0.857 bits per heavy atom. The lowest BCUT2D eigenvalue weighted by Crippen LogP contribution is -2.08. The number of nitrogens with zero attached hydrogens (tertiary/aromatic N) is 4. The van der Waals surface area contributed by atoms with Crippen LogP contribution in [0, 0.1) is 20.8 Å². The average Bonchev–Trinajstić information content (AvgIpc) is 2.82. The molecule has 0 saturated carbocycles. The van der Waals surface area contributed by atoms with Crippen molar-refractivity contribution in [3.63, 3.8) is 0 Å². The largest absolute Gasteiger partial charge is 0.433 e. The van der Waals surface area contributed by atoms with Gasteiger partial charge in [-0.05, 0) is 68.1 Å². The second-order valence-electron chi connectivity index (χ2n) is 8.38. The summed E-state index contributed by atoms with van der Waals surface area (Å²) >= 11 is 0. The number of halogens is 3. The predicted molar refractivity (Wildman–Crippen MR) is 127 cm³/mol. The molecule has 0 spiro atoms. The molecule has 0 aromatic carbocycles. The highest BCUT2D eigenvalue weighted by molar-refractivity contribution is 5.95. The van der Waals surface area contributed by atoms with Gasteiger partial charge < -0.3 is 0 Å². The number of aryl methyl sites for hydroxylation is 4. The molecule has 8 heteroatoms. The maximum Gasteiger partial charge on any atom is 0.433 e. The molecule has 0 saturated heterocycles. The first kappa shape index (κ1) is 24.2. The van der Waals surface area contributed by atoms with E-state index in [1.54, 1.807) is 31.6 Å². The number of carbonyl (C=O) groups is 1. The standard InChI is InChI=1S/C27H23F3N4O/c1-16-12-23(33-15-22(16)21-5-4-9-31-18(21)3)24(35)7-6-19-11-17(2)26(34-14-19)20-8-10-32-25(13-20)27(28,29)30/h4-5,8-15H,6-7H2,1-3H3. The molecule has 4 heterocycles. The van der Waals surface area contributed by atoms with Crippen LogP contribution < -0.4 is 0 Å². The maximum absolute atomic E-state index is 13.0. The van der Waals surface area contributed by atoms with Gasteiger partial charge in [-0.2, -0.15) is 13.2 Å². The van der Waals surface area contributed by atoms with Crippen molar-refractivity contribution in [3.05, 3.63) is 95.0 Å². The lowest BCUT2D eigenvalue weighted by Gasteiger charge is -2.11. The molecule has 0 aliphatic carbocycles. The summed E-state index contributed by atoms with van der Waals surface area (Å²) in [6, 6.07) is 9.96. The van der Waals surface area contributed by atoms with Crippen molar-refractivity contribution < 1.29 is 18.0 Å². The van der Waals surface area contributed by atoms with Gasteiger partial charge in [-0.25, -0.2) is 0 Å². The molecule has 0 aliphatic heterocycles. The Labute approximate surface area is 201 Å². The predicted octanol–water partition coefficient (Wildman–Crippen LogP) is 6.36. The van der Waals surface area contributed by atoms with Crippen LogP contribution in [0.5, 0.6) is 0 Å². The second kappa shape index (κ2) is 9.74. The first-order valence-corrected chi connectivity index (χ1v) is 11.0. The van der Waals surface area contributed by atoms with E-state index < -0.39 is 11.9 Å². The van der Waals surface area contributed by atoms with Crippen molar-refractivity contribution in [2.45, 2.75) is 39.8 Å². The number of rotatable bonds is 6. The molecule has 5 nitrogen and oxygen atoms in total. The van der Waals surface area contributed by atoms with Crippen LogP contribution in [0.4, 0.5) is 13.2 Å². The molecule has 35 heavy (non-hydrogen) atoms. The molecule has 0 N–H and O–H groups in total. The molecule has 178 valence electrons. The first-order chi connectivity index (χ1) is 16.6. The third-order valence-corrected chi connectivity index (χ3v) is 5.79. The summed E-state index contributed by atoms with van der Waals surface area (Å²) in [5.41, 5.74) is 5.53. The van der Waals surface area contributed by atoms with E-state index in [1.807, 2.05) is 32.0 Å². The zero-order valence-electron chi connectivity index (χ0n) is 19.5. The molecular formula is C27H23F3N4O. The number of ketones is 1. The number of carbonyl (C=O) groups excluding carboxylic acids is 1. The zero-order chi connectivity index (χ0) is 25.2. The fraction of sp³-hybridized carbons (Fsp3) is 0.222. The summed E-state index contributed by atoms with van der Waals surface area (Å²) in [5, 5.41) is 0. The van der Waals surface area contributed by atoms with Crippen molar-refractivity contribution in [2.75, 3.05) is 0 Å². The number of aromatic nitrogens is 4. The highest BCUT2D eigenvalue weighted by atomic mass is 19.4. The Morgan fingerprint density at radius 2 is 1.66 bits per heavy atom. The van der Waals surface area contributed by atoms with Gasteiger partial charge in [0.05, 0.1) is 5.69 Å².